The summed E-state index contributed by atoms with van der Waals surface area (Å²) in [6.07, 6.45) is 3.65. The van der Waals surface area contributed by atoms with Gasteiger partial charge >= 0.3 is 0 Å². The first-order chi connectivity index (χ1) is 12.1. The second kappa shape index (κ2) is 8.36. The zero-order chi connectivity index (χ0) is 17.6. The molecule has 1 heterocycles. The third-order valence-corrected chi connectivity index (χ3v) is 5.28. The molecule has 25 heavy (non-hydrogen) atoms. The van der Waals surface area contributed by atoms with Crippen molar-refractivity contribution in [3.63, 3.8) is 0 Å². The number of nitrogens with one attached hydrogen (secondary N) is 1. The predicted octanol–water partition coefficient (Wildman–Crippen LogP) is 4.43. The maximum Gasteiger partial charge on any atom is 0.233 e. The van der Waals surface area contributed by atoms with Gasteiger partial charge in [0.05, 0.1) is 5.25 Å². The minimum atomic E-state index is -0.236. The van der Waals surface area contributed by atoms with E-state index in [1.54, 1.807) is 6.20 Å². The average molecular weight is 416 g/mol. The molecule has 0 aliphatic rings. The molecular weight excluding hydrogens is 398 g/mol. The largest absolute Gasteiger partial charge is 0.351 e. The number of hydrogen-bond acceptors (Lipinski definition) is 3. The lowest BCUT2D eigenvalue weighted by Gasteiger charge is -2.13. The molecule has 0 saturated heterocycles. The smallest absolute Gasteiger partial charge is 0.233 e. The van der Waals surface area contributed by atoms with E-state index in [0.29, 0.717) is 6.54 Å². The first-order valence-electron chi connectivity index (χ1n) is 7.91. The zero-order valence-corrected chi connectivity index (χ0v) is 16.1. The van der Waals surface area contributed by atoms with Crippen LogP contribution in [0.3, 0.4) is 0 Å². The van der Waals surface area contributed by atoms with Crippen molar-refractivity contribution in [2.45, 2.75) is 23.9 Å². The lowest BCUT2D eigenvalue weighted by molar-refractivity contribution is -0.120. The fraction of sp³-hybridized carbons (Fsp3) is 0.158. The molecule has 1 N–H and O–H groups in total. The molecule has 2 aromatic carbocycles. The Hall–Kier alpha value is -2.05. The van der Waals surface area contributed by atoms with E-state index >= 15 is 0 Å². The molecule has 6 heteroatoms. The lowest BCUT2D eigenvalue weighted by atomic mass is 10.2. The van der Waals surface area contributed by atoms with Gasteiger partial charge in [0, 0.05) is 29.1 Å². The van der Waals surface area contributed by atoms with Crippen LogP contribution < -0.4 is 5.32 Å². The summed E-state index contributed by atoms with van der Waals surface area (Å²) in [4.78, 5) is 16.7. The summed E-state index contributed by atoms with van der Waals surface area (Å²) in [6.45, 7) is 2.43. The van der Waals surface area contributed by atoms with Crippen LogP contribution in [-0.4, -0.2) is 20.7 Å². The molecular formula is C19H18BrN3OS. The van der Waals surface area contributed by atoms with Gasteiger partial charge in [-0.2, -0.15) is 0 Å². The van der Waals surface area contributed by atoms with Crippen LogP contribution in [0.2, 0.25) is 0 Å². The third-order valence-electron chi connectivity index (χ3n) is 3.67. The highest BCUT2D eigenvalue weighted by molar-refractivity contribution is 9.10. The number of imidazole rings is 1. The van der Waals surface area contributed by atoms with Gasteiger partial charge in [-0.25, -0.2) is 4.98 Å². The van der Waals surface area contributed by atoms with Gasteiger partial charge < -0.3 is 5.32 Å². The standard InChI is InChI=1S/C19H18BrN3OS/c1-14(18(24)22-13-15-5-3-2-4-6-15)25-19-21-11-12-23(19)17-9-7-16(20)8-10-17/h2-12,14H,13H2,1H3,(H,22,24). The minimum absolute atomic E-state index is 0.000732. The molecule has 0 aliphatic carbocycles. The van der Waals surface area contributed by atoms with Crippen molar-refractivity contribution in [3.05, 3.63) is 77.0 Å². The van der Waals surface area contributed by atoms with Crippen molar-refractivity contribution in [1.29, 1.82) is 0 Å². The molecule has 1 amide bonds. The molecule has 0 saturated carbocycles. The minimum Gasteiger partial charge on any atom is -0.351 e. The Morgan fingerprint density at radius 2 is 1.92 bits per heavy atom. The van der Waals surface area contributed by atoms with E-state index in [2.05, 4.69) is 26.2 Å². The van der Waals surface area contributed by atoms with E-state index in [0.717, 1.165) is 20.9 Å². The van der Waals surface area contributed by atoms with Gasteiger partial charge in [-0.1, -0.05) is 58.0 Å². The first kappa shape index (κ1) is 17.8. The van der Waals surface area contributed by atoms with Crippen molar-refractivity contribution >= 4 is 33.6 Å². The molecule has 1 unspecified atom stereocenters. The number of carbonyl (C=O) groups is 1. The van der Waals surface area contributed by atoms with E-state index in [1.807, 2.05) is 72.3 Å². The van der Waals surface area contributed by atoms with E-state index in [4.69, 9.17) is 0 Å². The topological polar surface area (TPSA) is 46.9 Å². The van der Waals surface area contributed by atoms with Gasteiger partial charge in [-0.3, -0.25) is 9.36 Å². The normalized spacial score (nSPS) is 11.9. The number of benzene rings is 2. The molecule has 0 spiro atoms. The number of amides is 1. The van der Waals surface area contributed by atoms with E-state index < -0.39 is 0 Å². The summed E-state index contributed by atoms with van der Waals surface area (Å²) >= 11 is 4.89. The second-order valence-electron chi connectivity index (χ2n) is 5.52. The van der Waals surface area contributed by atoms with Crippen molar-refractivity contribution in [2.75, 3.05) is 0 Å². The Morgan fingerprint density at radius 1 is 1.20 bits per heavy atom. The zero-order valence-electron chi connectivity index (χ0n) is 13.7. The van der Waals surface area contributed by atoms with Gasteiger partial charge in [0.2, 0.25) is 5.91 Å². The summed E-state index contributed by atoms with van der Waals surface area (Å²) < 4.78 is 3.01. The van der Waals surface area contributed by atoms with Crippen LogP contribution in [0.25, 0.3) is 5.69 Å². The van der Waals surface area contributed by atoms with Gasteiger partial charge in [0.25, 0.3) is 0 Å². The molecule has 0 bridgehead atoms. The number of rotatable bonds is 6. The van der Waals surface area contributed by atoms with Crippen molar-refractivity contribution in [2.24, 2.45) is 0 Å². The van der Waals surface area contributed by atoms with Crippen molar-refractivity contribution in [1.82, 2.24) is 14.9 Å². The Labute approximate surface area is 159 Å². The molecule has 0 aliphatic heterocycles. The summed E-state index contributed by atoms with van der Waals surface area (Å²) in [5, 5.41) is 3.54. The Bertz CT molecular complexity index is 833. The number of carbonyl (C=O) groups excluding carboxylic acids is 1. The molecule has 128 valence electrons. The van der Waals surface area contributed by atoms with Gasteiger partial charge in [0.1, 0.15) is 0 Å². The molecule has 1 atom stereocenters. The van der Waals surface area contributed by atoms with Crippen LogP contribution in [0.4, 0.5) is 0 Å². The summed E-state index contributed by atoms with van der Waals surface area (Å²) in [5.74, 6) is -0.000732. The molecule has 0 radical (unpaired) electrons. The lowest BCUT2D eigenvalue weighted by Crippen LogP contribution is -2.30. The highest BCUT2D eigenvalue weighted by Crippen LogP contribution is 2.25. The van der Waals surface area contributed by atoms with Crippen molar-refractivity contribution < 1.29 is 4.79 Å². The highest BCUT2D eigenvalue weighted by Gasteiger charge is 2.17. The van der Waals surface area contributed by atoms with Gasteiger partial charge in [0.15, 0.2) is 5.16 Å². The van der Waals surface area contributed by atoms with Gasteiger partial charge in [-0.05, 0) is 36.8 Å². The van der Waals surface area contributed by atoms with E-state index in [-0.39, 0.29) is 11.2 Å². The summed E-state index contributed by atoms with van der Waals surface area (Å²) in [7, 11) is 0. The monoisotopic (exact) mass is 415 g/mol. The molecule has 4 nitrogen and oxygen atoms in total. The van der Waals surface area contributed by atoms with E-state index in [9.17, 15) is 4.79 Å². The first-order valence-corrected chi connectivity index (χ1v) is 9.58. The number of nitrogens with zero attached hydrogens (tertiary/aromatic N) is 2. The predicted molar refractivity (Wildman–Crippen MR) is 105 cm³/mol. The fourth-order valence-corrected chi connectivity index (χ4v) is 3.49. The quantitative estimate of drug-likeness (QED) is 0.605. The number of aromatic nitrogens is 2. The summed E-state index contributed by atoms with van der Waals surface area (Å²) in [5.41, 5.74) is 2.10. The van der Waals surface area contributed by atoms with Crippen LogP contribution in [0.1, 0.15) is 12.5 Å². The third kappa shape index (κ3) is 4.74. The molecule has 3 aromatic rings. The van der Waals surface area contributed by atoms with Gasteiger partial charge in [-0.15, -0.1) is 0 Å². The Kier molecular flexibility index (Phi) is 5.94. The van der Waals surface area contributed by atoms with Crippen LogP contribution in [0, 0.1) is 0 Å². The van der Waals surface area contributed by atoms with Crippen LogP contribution in [0.15, 0.2) is 76.6 Å². The number of thioether (sulfide) groups is 1. The fourth-order valence-electron chi connectivity index (χ4n) is 2.32. The van der Waals surface area contributed by atoms with E-state index in [1.165, 1.54) is 11.8 Å². The van der Waals surface area contributed by atoms with Crippen molar-refractivity contribution in [3.8, 4) is 5.69 Å². The SMILES string of the molecule is CC(Sc1nccn1-c1ccc(Br)cc1)C(=O)NCc1ccccc1. The number of hydrogen-bond donors (Lipinski definition) is 1. The Balaban J connectivity index is 1.63. The second-order valence-corrected chi connectivity index (χ2v) is 7.74. The molecule has 1 aromatic heterocycles. The van der Waals surface area contributed by atoms with Crippen LogP contribution >= 0.6 is 27.7 Å². The molecule has 3 rings (SSSR count). The van der Waals surface area contributed by atoms with Crippen LogP contribution in [0.5, 0.6) is 0 Å². The maximum atomic E-state index is 12.4. The molecule has 0 fully saturated rings. The number of halogens is 1. The average Bonchev–Trinajstić information content (AvgIpc) is 3.09. The van der Waals surface area contributed by atoms with Crippen LogP contribution in [-0.2, 0) is 11.3 Å². The Morgan fingerprint density at radius 3 is 2.64 bits per heavy atom. The maximum absolute atomic E-state index is 12.4. The summed E-state index contributed by atoms with van der Waals surface area (Å²) in [6, 6.07) is 17.9. The highest BCUT2D eigenvalue weighted by atomic mass is 79.9.